The standard InChI is InChI=1S/C23H30O3/c1-15-8-7-13-23(4,5)21(15)20(24)14-16(2)17(3)22(25)18-9-11-19(26-6)12-10-18/h7-12,16-17H,13-14H2,1-6H3. The van der Waals surface area contributed by atoms with Crippen molar-refractivity contribution in [2.24, 2.45) is 17.3 Å². The maximum Gasteiger partial charge on any atom is 0.165 e. The van der Waals surface area contributed by atoms with Gasteiger partial charge in [-0.1, -0.05) is 39.8 Å². The summed E-state index contributed by atoms with van der Waals surface area (Å²) >= 11 is 0. The average Bonchev–Trinajstić information content (AvgIpc) is 2.59. The molecule has 0 saturated carbocycles. The summed E-state index contributed by atoms with van der Waals surface area (Å²) in [6.07, 6.45) is 5.44. The van der Waals surface area contributed by atoms with Gasteiger partial charge in [-0.25, -0.2) is 0 Å². The summed E-state index contributed by atoms with van der Waals surface area (Å²) in [4.78, 5) is 25.7. The minimum atomic E-state index is -0.213. The molecule has 0 fully saturated rings. The Balaban J connectivity index is 2.10. The van der Waals surface area contributed by atoms with Gasteiger partial charge in [0.2, 0.25) is 0 Å². The van der Waals surface area contributed by atoms with Gasteiger partial charge in [0.25, 0.3) is 0 Å². The lowest BCUT2D eigenvalue weighted by Crippen LogP contribution is -2.28. The first-order valence-corrected chi connectivity index (χ1v) is 9.26. The number of ether oxygens (including phenoxy) is 1. The second kappa shape index (κ2) is 8.03. The molecule has 3 heteroatoms. The van der Waals surface area contributed by atoms with Crippen molar-refractivity contribution in [2.75, 3.05) is 7.11 Å². The number of Topliss-reactive ketones (excluding diaryl/α,β-unsaturated/α-hetero) is 2. The molecule has 0 spiro atoms. The molecule has 0 aromatic heterocycles. The Labute approximate surface area is 157 Å². The van der Waals surface area contributed by atoms with Crippen LogP contribution >= 0.6 is 0 Å². The van der Waals surface area contributed by atoms with Crippen LogP contribution in [0.1, 0.15) is 57.8 Å². The number of rotatable bonds is 7. The molecule has 0 N–H and O–H groups in total. The summed E-state index contributed by atoms with van der Waals surface area (Å²) in [5.74, 6) is 0.738. The lowest BCUT2D eigenvalue weighted by atomic mass is 9.72. The van der Waals surface area contributed by atoms with Crippen molar-refractivity contribution in [3.63, 3.8) is 0 Å². The Bertz CT molecular complexity index is 735. The fourth-order valence-corrected chi connectivity index (χ4v) is 3.69. The molecule has 0 heterocycles. The summed E-state index contributed by atoms with van der Waals surface area (Å²) in [7, 11) is 1.60. The Morgan fingerprint density at radius 1 is 1.15 bits per heavy atom. The Morgan fingerprint density at radius 3 is 2.31 bits per heavy atom. The van der Waals surface area contributed by atoms with Crippen LogP contribution in [-0.2, 0) is 4.79 Å². The summed E-state index contributed by atoms with van der Waals surface area (Å²) in [6.45, 7) is 10.1. The zero-order valence-corrected chi connectivity index (χ0v) is 16.8. The lowest BCUT2D eigenvalue weighted by Gasteiger charge is -2.31. The number of allylic oxidation sites excluding steroid dienone is 4. The maximum absolute atomic E-state index is 13.0. The number of carbonyl (C=O) groups is 2. The van der Waals surface area contributed by atoms with Gasteiger partial charge >= 0.3 is 0 Å². The van der Waals surface area contributed by atoms with Crippen LogP contribution in [0.5, 0.6) is 5.75 Å². The molecular formula is C23H30O3. The highest BCUT2D eigenvalue weighted by atomic mass is 16.5. The van der Waals surface area contributed by atoms with Gasteiger partial charge < -0.3 is 4.74 Å². The smallest absolute Gasteiger partial charge is 0.165 e. The average molecular weight is 354 g/mol. The van der Waals surface area contributed by atoms with E-state index in [0.717, 1.165) is 23.3 Å². The third kappa shape index (κ3) is 4.32. The Kier molecular flexibility index (Phi) is 6.22. The highest BCUT2D eigenvalue weighted by molar-refractivity contribution is 6.00. The van der Waals surface area contributed by atoms with Gasteiger partial charge in [-0.3, -0.25) is 9.59 Å². The first kappa shape index (κ1) is 20.2. The quantitative estimate of drug-likeness (QED) is 0.615. The van der Waals surface area contributed by atoms with Gasteiger partial charge in [0, 0.05) is 23.5 Å². The molecule has 0 bridgehead atoms. The van der Waals surface area contributed by atoms with E-state index < -0.39 is 0 Å². The van der Waals surface area contributed by atoms with Crippen molar-refractivity contribution >= 4 is 11.6 Å². The van der Waals surface area contributed by atoms with Crippen molar-refractivity contribution in [3.05, 3.63) is 53.1 Å². The lowest BCUT2D eigenvalue weighted by molar-refractivity contribution is -0.117. The van der Waals surface area contributed by atoms with Crippen LogP contribution in [0.3, 0.4) is 0 Å². The van der Waals surface area contributed by atoms with Crippen LogP contribution in [0.25, 0.3) is 0 Å². The van der Waals surface area contributed by atoms with Crippen LogP contribution in [-0.4, -0.2) is 18.7 Å². The van der Waals surface area contributed by atoms with Gasteiger partial charge in [0.1, 0.15) is 5.75 Å². The largest absolute Gasteiger partial charge is 0.497 e. The molecule has 2 rings (SSSR count). The highest BCUT2D eigenvalue weighted by Gasteiger charge is 2.33. The number of hydrogen-bond acceptors (Lipinski definition) is 3. The highest BCUT2D eigenvalue weighted by Crippen LogP contribution is 2.38. The van der Waals surface area contributed by atoms with Gasteiger partial charge in [0.15, 0.2) is 11.6 Å². The molecule has 1 aromatic rings. The normalized spacial score (nSPS) is 18.4. The van der Waals surface area contributed by atoms with E-state index in [0.29, 0.717) is 12.0 Å². The van der Waals surface area contributed by atoms with E-state index in [1.54, 1.807) is 31.4 Å². The van der Waals surface area contributed by atoms with Crippen molar-refractivity contribution in [1.29, 1.82) is 0 Å². The van der Waals surface area contributed by atoms with Gasteiger partial charge in [-0.05, 0) is 54.5 Å². The van der Waals surface area contributed by atoms with Gasteiger partial charge in [-0.15, -0.1) is 0 Å². The van der Waals surface area contributed by atoms with E-state index in [1.807, 2.05) is 26.8 Å². The molecule has 2 unspecified atom stereocenters. The van der Waals surface area contributed by atoms with Crippen LogP contribution in [0.4, 0.5) is 0 Å². The molecule has 0 radical (unpaired) electrons. The van der Waals surface area contributed by atoms with Gasteiger partial charge in [-0.2, -0.15) is 0 Å². The monoisotopic (exact) mass is 354 g/mol. The zero-order valence-electron chi connectivity index (χ0n) is 16.8. The van der Waals surface area contributed by atoms with Crippen molar-refractivity contribution in [3.8, 4) is 5.75 Å². The van der Waals surface area contributed by atoms with E-state index in [2.05, 4.69) is 19.9 Å². The molecule has 26 heavy (non-hydrogen) atoms. The molecule has 1 aliphatic rings. The third-order valence-corrected chi connectivity index (χ3v) is 5.49. The number of methoxy groups -OCH3 is 1. The van der Waals surface area contributed by atoms with Crippen LogP contribution in [0, 0.1) is 17.3 Å². The molecule has 140 valence electrons. The molecule has 3 nitrogen and oxygen atoms in total. The van der Waals surface area contributed by atoms with E-state index in [1.165, 1.54) is 0 Å². The maximum atomic E-state index is 13.0. The molecule has 1 aromatic carbocycles. The SMILES string of the molecule is COc1ccc(C(=O)C(C)C(C)CC(=O)C2=C(C)C=CCC2(C)C)cc1. The second-order valence-corrected chi connectivity index (χ2v) is 8.03. The summed E-state index contributed by atoms with van der Waals surface area (Å²) in [5.41, 5.74) is 2.48. The predicted molar refractivity (Wildman–Crippen MR) is 106 cm³/mol. The van der Waals surface area contributed by atoms with E-state index >= 15 is 0 Å². The van der Waals surface area contributed by atoms with Crippen molar-refractivity contribution in [2.45, 2.75) is 47.5 Å². The van der Waals surface area contributed by atoms with E-state index in [4.69, 9.17) is 4.74 Å². The number of ketones is 2. The van der Waals surface area contributed by atoms with Gasteiger partial charge in [0.05, 0.1) is 7.11 Å². The zero-order chi connectivity index (χ0) is 19.5. The number of carbonyl (C=O) groups excluding carboxylic acids is 2. The molecule has 0 aliphatic heterocycles. The topological polar surface area (TPSA) is 43.4 Å². The van der Waals surface area contributed by atoms with Crippen molar-refractivity contribution < 1.29 is 14.3 Å². The van der Waals surface area contributed by atoms with Crippen LogP contribution < -0.4 is 4.74 Å². The molecule has 1 aliphatic carbocycles. The fourth-order valence-electron chi connectivity index (χ4n) is 3.69. The van der Waals surface area contributed by atoms with E-state index in [-0.39, 0.29) is 28.8 Å². The summed E-state index contributed by atoms with van der Waals surface area (Å²) in [5, 5.41) is 0. The summed E-state index contributed by atoms with van der Waals surface area (Å²) in [6, 6.07) is 7.16. The molecule has 2 atom stereocenters. The number of hydrogen-bond donors (Lipinski definition) is 0. The molecule has 0 amide bonds. The summed E-state index contributed by atoms with van der Waals surface area (Å²) < 4.78 is 5.14. The second-order valence-electron chi connectivity index (χ2n) is 8.03. The first-order valence-electron chi connectivity index (χ1n) is 9.26. The van der Waals surface area contributed by atoms with Crippen LogP contribution in [0.15, 0.2) is 47.6 Å². The third-order valence-electron chi connectivity index (χ3n) is 5.49. The molecule has 0 saturated heterocycles. The fraction of sp³-hybridized carbons (Fsp3) is 0.478. The number of benzene rings is 1. The Hall–Kier alpha value is -2.16. The first-order chi connectivity index (χ1) is 12.2. The van der Waals surface area contributed by atoms with Crippen molar-refractivity contribution in [1.82, 2.24) is 0 Å². The Morgan fingerprint density at radius 2 is 1.77 bits per heavy atom. The minimum absolute atomic E-state index is 0.0147. The predicted octanol–water partition coefficient (Wildman–Crippen LogP) is 5.41. The van der Waals surface area contributed by atoms with E-state index in [9.17, 15) is 9.59 Å². The van der Waals surface area contributed by atoms with Crippen LogP contribution in [0.2, 0.25) is 0 Å². The molecular weight excluding hydrogens is 324 g/mol. The minimum Gasteiger partial charge on any atom is -0.497 e.